The van der Waals surface area contributed by atoms with Gasteiger partial charge in [-0.05, 0) is 17.7 Å². The van der Waals surface area contributed by atoms with Crippen molar-refractivity contribution in [2.45, 2.75) is 12.1 Å². The summed E-state index contributed by atoms with van der Waals surface area (Å²) in [5, 5.41) is 6.87. The Hall–Kier alpha value is -2.11. The molecule has 0 radical (unpaired) electrons. The molecule has 0 aliphatic carbocycles. The molecule has 0 bridgehead atoms. The van der Waals surface area contributed by atoms with Crippen LogP contribution in [0.15, 0.2) is 53.7 Å². The second-order valence-electron chi connectivity index (χ2n) is 5.33. The first-order valence-electron chi connectivity index (χ1n) is 7.43. The van der Waals surface area contributed by atoms with Crippen LogP contribution in [0.5, 0.6) is 11.5 Å². The van der Waals surface area contributed by atoms with Gasteiger partial charge in [0.05, 0.1) is 0 Å². The van der Waals surface area contributed by atoms with E-state index in [1.807, 2.05) is 30.3 Å². The van der Waals surface area contributed by atoms with Crippen molar-refractivity contribution in [1.29, 1.82) is 0 Å². The quantitative estimate of drug-likeness (QED) is 0.787. The maximum atomic E-state index is 11.1. The SMILES string of the molecule is O=NC(COc1ccc(Cl)cc1OC1CNC1)c1ccccc1. The van der Waals surface area contributed by atoms with Crippen molar-refractivity contribution in [3.8, 4) is 11.5 Å². The minimum atomic E-state index is -0.565. The van der Waals surface area contributed by atoms with Crippen LogP contribution in [0.1, 0.15) is 11.6 Å². The maximum Gasteiger partial charge on any atom is 0.163 e. The van der Waals surface area contributed by atoms with Crippen molar-refractivity contribution in [2.75, 3.05) is 19.7 Å². The lowest BCUT2D eigenvalue weighted by Gasteiger charge is -2.28. The third-order valence-corrected chi connectivity index (χ3v) is 3.89. The van der Waals surface area contributed by atoms with Crippen LogP contribution in [-0.4, -0.2) is 25.8 Å². The number of nitroso groups, excluding NO2 is 1. The van der Waals surface area contributed by atoms with Crippen molar-refractivity contribution < 1.29 is 9.47 Å². The molecule has 0 spiro atoms. The summed E-state index contributed by atoms with van der Waals surface area (Å²) in [6, 6.07) is 14.0. The van der Waals surface area contributed by atoms with Crippen LogP contribution in [0.4, 0.5) is 0 Å². The lowest BCUT2D eigenvalue weighted by Crippen LogP contribution is -2.50. The summed E-state index contributed by atoms with van der Waals surface area (Å²) < 4.78 is 11.6. The average molecular weight is 333 g/mol. The molecular formula is C17H17ClN2O3. The van der Waals surface area contributed by atoms with Gasteiger partial charge in [0, 0.05) is 24.2 Å². The third-order valence-electron chi connectivity index (χ3n) is 3.65. The topological polar surface area (TPSA) is 59.9 Å². The lowest BCUT2D eigenvalue weighted by atomic mass is 10.1. The molecule has 0 amide bonds. The largest absolute Gasteiger partial charge is 0.487 e. The highest BCUT2D eigenvalue weighted by Gasteiger charge is 2.21. The Kier molecular flexibility index (Phi) is 5.10. The predicted molar refractivity (Wildman–Crippen MR) is 89.2 cm³/mol. The van der Waals surface area contributed by atoms with Gasteiger partial charge in [0.2, 0.25) is 0 Å². The number of nitrogens with one attached hydrogen (secondary N) is 1. The van der Waals surface area contributed by atoms with Crippen LogP contribution in [0.2, 0.25) is 5.02 Å². The van der Waals surface area contributed by atoms with Gasteiger partial charge in [-0.2, -0.15) is 4.91 Å². The summed E-state index contributed by atoms with van der Waals surface area (Å²) in [5.74, 6) is 1.15. The van der Waals surface area contributed by atoms with Gasteiger partial charge in [-0.15, -0.1) is 0 Å². The van der Waals surface area contributed by atoms with Crippen LogP contribution in [-0.2, 0) is 0 Å². The van der Waals surface area contributed by atoms with E-state index < -0.39 is 6.04 Å². The number of nitrogens with zero attached hydrogens (tertiary/aromatic N) is 1. The molecule has 1 N–H and O–H groups in total. The van der Waals surface area contributed by atoms with Crippen LogP contribution >= 0.6 is 11.6 Å². The zero-order chi connectivity index (χ0) is 16.1. The maximum absolute atomic E-state index is 11.1. The fourth-order valence-electron chi connectivity index (χ4n) is 2.25. The second kappa shape index (κ2) is 7.44. The van der Waals surface area contributed by atoms with Crippen LogP contribution in [0.3, 0.4) is 0 Å². The number of halogens is 1. The zero-order valence-electron chi connectivity index (χ0n) is 12.4. The van der Waals surface area contributed by atoms with E-state index in [1.54, 1.807) is 18.2 Å². The first-order valence-corrected chi connectivity index (χ1v) is 7.81. The average Bonchev–Trinajstić information content (AvgIpc) is 2.54. The van der Waals surface area contributed by atoms with Gasteiger partial charge in [-0.3, -0.25) is 0 Å². The van der Waals surface area contributed by atoms with Gasteiger partial charge in [0.1, 0.15) is 12.7 Å². The summed E-state index contributed by atoms with van der Waals surface area (Å²) in [5.41, 5.74) is 0.821. The first-order chi connectivity index (χ1) is 11.3. The first kappa shape index (κ1) is 15.8. The molecule has 2 aromatic carbocycles. The van der Waals surface area contributed by atoms with E-state index in [0.717, 1.165) is 18.7 Å². The summed E-state index contributed by atoms with van der Waals surface area (Å²) in [6.07, 6.45) is 0.116. The molecule has 1 fully saturated rings. The second-order valence-corrected chi connectivity index (χ2v) is 5.77. The standard InChI is InChI=1S/C17H17ClN2O3/c18-13-6-7-16(17(8-13)23-14-9-19-10-14)22-11-15(20-21)12-4-2-1-3-5-12/h1-8,14-15,19H,9-11H2. The molecule has 5 nitrogen and oxygen atoms in total. The minimum Gasteiger partial charge on any atom is -0.487 e. The zero-order valence-corrected chi connectivity index (χ0v) is 13.2. The number of rotatable bonds is 7. The van der Waals surface area contributed by atoms with Crippen molar-refractivity contribution >= 4 is 11.6 Å². The highest BCUT2D eigenvalue weighted by atomic mass is 35.5. The molecule has 0 saturated carbocycles. The van der Waals surface area contributed by atoms with E-state index in [0.29, 0.717) is 16.5 Å². The Morgan fingerprint density at radius 3 is 2.61 bits per heavy atom. The Bertz CT molecular complexity index is 662. The van der Waals surface area contributed by atoms with Gasteiger partial charge < -0.3 is 14.8 Å². The molecule has 3 rings (SSSR count). The molecule has 1 aliphatic rings. The van der Waals surface area contributed by atoms with Crippen LogP contribution in [0, 0.1) is 4.91 Å². The molecule has 1 heterocycles. The van der Waals surface area contributed by atoms with Crippen molar-refractivity contribution in [3.63, 3.8) is 0 Å². The normalized spacial score (nSPS) is 15.5. The summed E-state index contributed by atoms with van der Waals surface area (Å²) >= 11 is 6.03. The van der Waals surface area contributed by atoms with Gasteiger partial charge in [-0.1, -0.05) is 47.1 Å². The highest BCUT2D eigenvalue weighted by molar-refractivity contribution is 6.30. The fraction of sp³-hybridized carbons (Fsp3) is 0.294. The van der Waals surface area contributed by atoms with E-state index in [4.69, 9.17) is 21.1 Å². The van der Waals surface area contributed by atoms with Crippen molar-refractivity contribution in [3.05, 3.63) is 64.0 Å². The van der Waals surface area contributed by atoms with E-state index in [2.05, 4.69) is 10.5 Å². The lowest BCUT2D eigenvalue weighted by molar-refractivity contribution is 0.134. The van der Waals surface area contributed by atoms with E-state index in [9.17, 15) is 4.91 Å². The Morgan fingerprint density at radius 1 is 1.17 bits per heavy atom. The highest BCUT2D eigenvalue weighted by Crippen LogP contribution is 2.32. The molecular weight excluding hydrogens is 316 g/mol. The predicted octanol–water partition coefficient (Wildman–Crippen LogP) is 3.58. The van der Waals surface area contributed by atoms with Crippen LogP contribution < -0.4 is 14.8 Å². The van der Waals surface area contributed by atoms with Gasteiger partial charge in [-0.25, -0.2) is 0 Å². The van der Waals surface area contributed by atoms with Gasteiger partial charge >= 0.3 is 0 Å². The van der Waals surface area contributed by atoms with Crippen LogP contribution in [0.25, 0.3) is 0 Å². The van der Waals surface area contributed by atoms with Crippen molar-refractivity contribution in [1.82, 2.24) is 5.32 Å². The summed E-state index contributed by atoms with van der Waals surface area (Å²) in [6.45, 7) is 1.75. The van der Waals surface area contributed by atoms with Crippen molar-refractivity contribution in [2.24, 2.45) is 5.18 Å². The molecule has 2 aromatic rings. The molecule has 120 valence electrons. The molecule has 1 atom stereocenters. The number of hydrogen-bond donors (Lipinski definition) is 1. The molecule has 1 unspecified atom stereocenters. The van der Waals surface area contributed by atoms with Gasteiger partial charge in [0.25, 0.3) is 0 Å². The molecule has 0 aromatic heterocycles. The van der Waals surface area contributed by atoms with E-state index >= 15 is 0 Å². The Labute approximate surface area is 139 Å². The molecule has 1 saturated heterocycles. The Balaban J connectivity index is 1.70. The molecule has 23 heavy (non-hydrogen) atoms. The fourth-order valence-corrected chi connectivity index (χ4v) is 2.41. The third kappa shape index (κ3) is 4.00. The number of benzene rings is 2. The summed E-state index contributed by atoms with van der Waals surface area (Å²) in [7, 11) is 0. The number of hydrogen-bond acceptors (Lipinski definition) is 5. The summed E-state index contributed by atoms with van der Waals surface area (Å²) in [4.78, 5) is 11.1. The smallest absolute Gasteiger partial charge is 0.163 e. The Morgan fingerprint density at radius 2 is 1.96 bits per heavy atom. The number of ether oxygens (including phenoxy) is 2. The molecule has 6 heteroatoms. The van der Waals surface area contributed by atoms with E-state index in [-0.39, 0.29) is 12.7 Å². The minimum absolute atomic E-state index is 0.116. The monoisotopic (exact) mass is 332 g/mol. The molecule has 1 aliphatic heterocycles. The van der Waals surface area contributed by atoms with E-state index in [1.165, 1.54) is 0 Å². The van der Waals surface area contributed by atoms with Gasteiger partial charge in [0.15, 0.2) is 17.5 Å².